The fourth-order valence-corrected chi connectivity index (χ4v) is 2.50. The maximum atomic E-state index is 13.1. The number of ether oxygens (including phenoxy) is 1. The molecule has 0 heterocycles. The van der Waals surface area contributed by atoms with Gasteiger partial charge < -0.3 is 10.5 Å². The molecule has 2 N–H and O–H groups in total. The number of nitrogens with two attached hydrogens (primary N) is 1. The number of hydrogen-bond acceptors (Lipinski definition) is 2. The van der Waals surface area contributed by atoms with E-state index in [0.717, 1.165) is 24.2 Å². The summed E-state index contributed by atoms with van der Waals surface area (Å²) in [6.45, 7) is 4.11. The van der Waals surface area contributed by atoms with Crippen molar-refractivity contribution in [2.75, 3.05) is 0 Å². The van der Waals surface area contributed by atoms with Crippen molar-refractivity contribution in [3.8, 4) is 11.5 Å². The summed E-state index contributed by atoms with van der Waals surface area (Å²) in [5.41, 5.74) is 8.29. The second-order valence-electron chi connectivity index (χ2n) is 5.16. The normalized spacial score (nSPS) is 12.2. The minimum Gasteiger partial charge on any atom is -0.456 e. The summed E-state index contributed by atoms with van der Waals surface area (Å²) in [6, 6.07) is 10.5. The molecule has 0 saturated carbocycles. The van der Waals surface area contributed by atoms with Crippen molar-refractivity contribution in [1.29, 1.82) is 0 Å². The highest BCUT2D eigenvalue weighted by Gasteiger charge is 2.11. The van der Waals surface area contributed by atoms with Crippen LogP contribution >= 0.6 is 15.9 Å². The molecule has 2 aromatic carbocycles. The highest BCUT2D eigenvalue weighted by atomic mass is 79.9. The molecule has 2 nitrogen and oxygen atoms in total. The third-order valence-electron chi connectivity index (χ3n) is 3.34. The molecule has 2 rings (SSSR count). The summed E-state index contributed by atoms with van der Waals surface area (Å²) in [5, 5.41) is 0. The van der Waals surface area contributed by atoms with Gasteiger partial charge in [-0.2, -0.15) is 0 Å². The van der Waals surface area contributed by atoms with Crippen molar-refractivity contribution in [3.05, 3.63) is 57.8 Å². The van der Waals surface area contributed by atoms with Crippen LogP contribution in [0, 0.1) is 12.7 Å². The van der Waals surface area contributed by atoms with E-state index in [0.29, 0.717) is 10.2 Å². The van der Waals surface area contributed by atoms with Gasteiger partial charge in [-0.3, -0.25) is 0 Å². The predicted molar refractivity (Wildman–Crippen MR) is 87.3 cm³/mol. The largest absolute Gasteiger partial charge is 0.456 e. The van der Waals surface area contributed by atoms with Gasteiger partial charge in [0.15, 0.2) is 0 Å². The number of benzene rings is 2. The zero-order chi connectivity index (χ0) is 15.4. The van der Waals surface area contributed by atoms with Crippen LogP contribution in [-0.2, 0) is 6.42 Å². The van der Waals surface area contributed by atoms with Crippen LogP contribution in [0.5, 0.6) is 11.5 Å². The molecule has 0 radical (unpaired) electrons. The van der Waals surface area contributed by atoms with E-state index < -0.39 is 0 Å². The molecule has 0 bridgehead atoms. The number of aryl methyl sites for hydroxylation is 1. The third kappa shape index (κ3) is 4.29. The second kappa shape index (κ2) is 7.05. The van der Waals surface area contributed by atoms with Gasteiger partial charge in [0.2, 0.25) is 0 Å². The van der Waals surface area contributed by atoms with Crippen LogP contribution in [0.1, 0.15) is 24.5 Å². The summed E-state index contributed by atoms with van der Waals surface area (Å²) >= 11 is 3.32. The summed E-state index contributed by atoms with van der Waals surface area (Å²) in [4.78, 5) is 0. The first kappa shape index (κ1) is 16.0. The lowest BCUT2D eigenvalue weighted by Crippen LogP contribution is -2.21. The SMILES string of the molecule is CCC(N)Cc1cc(C)ccc1Oc1ccc(F)cc1Br. The Labute approximate surface area is 133 Å². The quantitative estimate of drug-likeness (QED) is 0.825. The molecule has 2 aromatic rings. The van der Waals surface area contributed by atoms with E-state index in [-0.39, 0.29) is 11.9 Å². The maximum absolute atomic E-state index is 13.1. The zero-order valence-corrected chi connectivity index (χ0v) is 13.8. The van der Waals surface area contributed by atoms with E-state index in [9.17, 15) is 4.39 Å². The van der Waals surface area contributed by atoms with Gasteiger partial charge in [0.1, 0.15) is 17.3 Å². The molecular weight excluding hydrogens is 333 g/mol. The van der Waals surface area contributed by atoms with Crippen molar-refractivity contribution in [2.24, 2.45) is 5.73 Å². The average molecular weight is 352 g/mol. The summed E-state index contributed by atoms with van der Waals surface area (Å²) in [6.07, 6.45) is 1.67. The van der Waals surface area contributed by atoms with Crippen molar-refractivity contribution < 1.29 is 9.13 Å². The lowest BCUT2D eigenvalue weighted by Gasteiger charge is -2.15. The van der Waals surface area contributed by atoms with E-state index in [4.69, 9.17) is 10.5 Å². The molecule has 4 heteroatoms. The van der Waals surface area contributed by atoms with Gasteiger partial charge in [0, 0.05) is 6.04 Å². The molecule has 0 amide bonds. The van der Waals surface area contributed by atoms with Crippen molar-refractivity contribution in [3.63, 3.8) is 0 Å². The van der Waals surface area contributed by atoms with Gasteiger partial charge in [-0.1, -0.05) is 24.6 Å². The van der Waals surface area contributed by atoms with E-state index in [2.05, 4.69) is 28.9 Å². The molecule has 0 saturated heterocycles. The van der Waals surface area contributed by atoms with Gasteiger partial charge in [-0.15, -0.1) is 0 Å². The number of hydrogen-bond donors (Lipinski definition) is 1. The predicted octanol–water partition coefficient (Wildman–Crippen LogP) is 4.97. The Hall–Kier alpha value is -1.39. The smallest absolute Gasteiger partial charge is 0.141 e. The van der Waals surface area contributed by atoms with Gasteiger partial charge in [0.25, 0.3) is 0 Å². The molecule has 112 valence electrons. The lowest BCUT2D eigenvalue weighted by molar-refractivity contribution is 0.467. The van der Waals surface area contributed by atoms with E-state index in [1.165, 1.54) is 17.7 Å². The monoisotopic (exact) mass is 351 g/mol. The van der Waals surface area contributed by atoms with Gasteiger partial charge in [-0.05, 0) is 65.5 Å². The van der Waals surface area contributed by atoms with Crippen LogP contribution in [0.4, 0.5) is 4.39 Å². The number of halogens is 2. The molecule has 1 atom stereocenters. The molecule has 21 heavy (non-hydrogen) atoms. The first-order valence-electron chi connectivity index (χ1n) is 6.97. The van der Waals surface area contributed by atoms with E-state index >= 15 is 0 Å². The van der Waals surface area contributed by atoms with E-state index in [1.54, 1.807) is 6.07 Å². The highest BCUT2D eigenvalue weighted by Crippen LogP contribution is 2.32. The first-order valence-corrected chi connectivity index (χ1v) is 7.77. The number of rotatable bonds is 5. The fourth-order valence-electron chi connectivity index (χ4n) is 2.07. The molecule has 0 aliphatic carbocycles. The first-order chi connectivity index (χ1) is 9.99. The Morgan fingerprint density at radius 1 is 1.19 bits per heavy atom. The molecule has 0 aliphatic rings. The Bertz CT molecular complexity index is 630. The minimum atomic E-state index is -0.300. The fraction of sp³-hybridized carbons (Fsp3) is 0.294. The van der Waals surface area contributed by atoms with Crippen LogP contribution in [0.15, 0.2) is 40.9 Å². The van der Waals surface area contributed by atoms with Crippen LogP contribution in [0.3, 0.4) is 0 Å². The average Bonchev–Trinajstić information content (AvgIpc) is 2.44. The van der Waals surface area contributed by atoms with Gasteiger partial charge in [-0.25, -0.2) is 4.39 Å². The molecule has 0 spiro atoms. The Morgan fingerprint density at radius 2 is 1.90 bits per heavy atom. The molecule has 1 unspecified atom stereocenters. The molecular formula is C17H19BrFNO. The topological polar surface area (TPSA) is 35.2 Å². The van der Waals surface area contributed by atoms with Gasteiger partial charge in [0.05, 0.1) is 4.47 Å². The Morgan fingerprint density at radius 3 is 2.57 bits per heavy atom. The third-order valence-corrected chi connectivity index (χ3v) is 3.96. The standard InChI is InChI=1S/C17H19BrFNO/c1-3-14(20)9-12-8-11(2)4-6-16(12)21-17-7-5-13(19)10-15(17)18/h4-8,10,14H,3,9,20H2,1-2H3. The zero-order valence-electron chi connectivity index (χ0n) is 12.2. The summed E-state index contributed by atoms with van der Waals surface area (Å²) in [7, 11) is 0. The van der Waals surface area contributed by atoms with Crippen LogP contribution in [-0.4, -0.2) is 6.04 Å². The van der Waals surface area contributed by atoms with E-state index in [1.807, 2.05) is 19.1 Å². The van der Waals surface area contributed by atoms with Crippen LogP contribution in [0.2, 0.25) is 0 Å². The Balaban J connectivity index is 2.30. The van der Waals surface area contributed by atoms with Crippen LogP contribution < -0.4 is 10.5 Å². The molecule has 0 fully saturated rings. The summed E-state index contributed by atoms with van der Waals surface area (Å²) in [5.74, 6) is 1.05. The van der Waals surface area contributed by atoms with Crippen molar-refractivity contribution in [2.45, 2.75) is 32.7 Å². The summed E-state index contributed by atoms with van der Waals surface area (Å²) < 4.78 is 19.7. The van der Waals surface area contributed by atoms with Gasteiger partial charge >= 0.3 is 0 Å². The minimum absolute atomic E-state index is 0.103. The molecule has 0 aromatic heterocycles. The Kier molecular flexibility index (Phi) is 5.37. The lowest BCUT2D eigenvalue weighted by atomic mass is 10.0. The van der Waals surface area contributed by atoms with Crippen LogP contribution in [0.25, 0.3) is 0 Å². The second-order valence-corrected chi connectivity index (χ2v) is 6.01. The van der Waals surface area contributed by atoms with Crippen molar-refractivity contribution in [1.82, 2.24) is 0 Å². The highest BCUT2D eigenvalue weighted by molar-refractivity contribution is 9.10. The molecule has 0 aliphatic heterocycles. The van der Waals surface area contributed by atoms with Crippen molar-refractivity contribution >= 4 is 15.9 Å². The maximum Gasteiger partial charge on any atom is 0.141 e.